The molecule has 0 radical (unpaired) electrons. The summed E-state index contributed by atoms with van der Waals surface area (Å²) in [6.07, 6.45) is 0. The number of nitrogens with zero attached hydrogens (tertiary/aromatic N) is 2. The minimum Gasteiger partial charge on any atom is -0.496 e. The summed E-state index contributed by atoms with van der Waals surface area (Å²) in [4.78, 5) is 2.21. The van der Waals surface area contributed by atoms with E-state index in [2.05, 4.69) is 40.0 Å². The van der Waals surface area contributed by atoms with Crippen LogP contribution >= 0.6 is 15.9 Å². The highest BCUT2D eigenvalue weighted by molar-refractivity contribution is 9.10. The Morgan fingerprint density at radius 3 is 2.48 bits per heavy atom. The van der Waals surface area contributed by atoms with Gasteiger partial charge < -0.3 is 4.74 Å². The molecule has 0 fully saturated rings. The predicted octanol–water partition coefficient (Wildman–Crippen LogP) is 3.96. The van der Waals surface area contributed by atoms with E-state index in [1.165, 1.54) is 5.56 Å². The number of rotatable bonds is 5. The van der Waals surface area contributed by atoms with Crippen LogP contribution in [0, 0.1) is 11.3 Å². The molecule has 0 heterocycles. The van der Waals surface area contributed by atoms with Gasteiger partial charge in [-0.05, 0) is 42.9 Å². The van der Waals surface area contributed by atoms with Gasteiger partial charge in [0.25, 0.3) is 0 Å². The predicted molar refractivity (Wildman–Crippen MR) is 87.0 cm³/mol. The van der Waals surface area contributed by atoms with Crippen LogP contribution in [0.5, 0.6) is 5.75 Å². The van der Waals surface area contributed by atoms with Crippen molar-refractivity contribution in [2.45, 2.75) is 13.1 Å². The summed E-state index contributed by atoms with van der Waals surface area (Å²) in [5.74, 6) is 0.893. The van der Waals surface area contributed by atoms with Gasteiger partial charge in [-0.2, -0.15) is 5.26 Å². The van der Waals surface area contributed by atoms with Crippen molar-refractivity contribution >= 4 is 15.9 Å². The molecule has 0 aliphatic carbocycles. The molecule has 4 heteroatoms. The van der Waals surface area contributed by atoms with Gasteiger partial charge in [-0.3, -0.25) is 4.90 Å². The molecule has 0 aliphatic heterocycles. The van der Waals surface area contributed by atoms with E-state index in [1.54, 1.807) is 7.11 Å². The average Bonchev–Trinajstić information content (AvgIpc) is 2.48. The molecular weight excluding hydrogens is 328 g/mol. The first-order valence-corrected chi connectivity index (χ1v) is 7.41. The molecular formula is C17H17BrN2O. The van der Waals surface area contributed by atoms with Gasteiger partial charge in [0.15, 0.2) is 0 Å². The van der Waals surface area contributed by atoms with Gasteiger partial charge in [0.2, 0.25) is 0 Å². The largest absolute Gasteiger partial charge is 0.496 e. The molecule has 2 aromatic carbocycles. The van der Waals surface area contributed by atoms with Crippen LogP contribution in [0.3, 0.4) is 0 Å². The molecule has 2 aromatic rings. The van der Waals surface area contributed by atoms with Gasteiger partial charge in [0.05, 0.1) is 18.7 Å². The minimum absolute atomic E-state index is 0.690. The van der Waals surface area contributed by atoms with Crippen molar-refractivity contribution < 1.29 is 4.74 Å². The number of hydrogen-bond acceptors (Lipinski definition) is 3. The maximum absolute atomic E-state index is 8.81. The van der Waals surface area contributed by atoms with Crippen LogP contribution in [-0.4, -0.2) is 19.1 Å². The Bertz CT molecular complexity index is 647. The highest BCUT2D eigenvalue weighted by Crippen LogP contribution is 2.24. The molecule has 21 heavy (non-hydrogen) atoms. The van der Waals surface area contributed by atoms with Crippen LogP contribution in [0.4, 0.5) is 0 Å². The van der Waals surface area contributed by atoms with E-state index in [1.807, 2.05) is 36.4 Å². The molecule has 0 bridgehead atoms. The molecule has 0 saturated heterocycles. The van der Waals surface area contributed by atoms with Gasteiger partial charge in [0.1, 0.15) is 5.75 Å². The Kier molecular flexibility index (Phi) is 5.38. The Hall–Kier alpha value is -1.83. The zero-order valence-electron chi connectivity index (χ0n) is 12.1. The third kappa shape index (κ3) is 4.32. The third-order valence-electron chi connectivity index (χ3n) is 3.22. The van der Waals surface area contributed by atoms with Gasteiger partial charge in [-0.15, -0.1) is 0 Å². The van der Waals surface area contributed by atoms with E-state index < -0.39 is 0 Å². The fourth-order valence-corrected chi connectivity index (χ4v) is 2.62. The van der Waals surface area contributed by atoms with E-state index in [4.69, 9.17) is 10.00 Å². The zero-order valence-corrected chi connectivity index (χ0v) is 13.7. The molecule has 0 spiro atoms. The van der Waals surface area contributed by atoms with E-state index in [9.17, 15) is 0 Å². The van der Waals surface area contributed by atoms with Crippen molar-refractivity contribution in [1.29, 1.82) is 5.26 Å². The smallest absolute Gasteiger partial charge is 0.123 e. The lowest BCUT2D eigenvalue weighted by Crippen LogP contribution is -2.17. The molecule has 108 valence electrons. The van der Waals surface area contributed by atoms with Crippen LogP contribution in [0.25, 0.3) is 0 Å². The minimum atomic E-state index is 0.690. The van der Waals surface area contributed by atoms with Crippen molar-refractivity contribution in [3.63, 3.8) is 0 Å². The van der Waals surface area contributed by atoms with Crippen LogP contribution < -0.4 is 4.74 Å². The number of halogens is 1. The highest BCUT2D eigenvalue weighted by atomic mass is 79.9. The van der Waals surface area contributed by atoms with Crippen molar-refractivity contribution in [2.75, 3.05) is 14.2 Å². The Labute approximate surface area is 133 Å². The monoisotopic (exact) mass is 344 g/mol. The van der Waals surface area contributed by atoms with Gasteiger partial charge in [0, 0.05) is 23.1 Å². The summed E-state index contributed by atoms with van der Waals surface area (Å²) >= 11 is 3.49. The average molecular weight is 345 g/mol. The van der Waals surface area contributed by atoms with Crippen molar-refractivity contribution in [2.24, 2.45) is 0 Å². The molecule has 3 nitrogen and oxygen atoms in total. The number of nitriles is 1. The fraction of sp³-hybridized carbons (Fsp3) is 0.235. The molecule has 0 aromatic heterocycles. The second-order valence-corrected chi connectivity index (χ2v) is 5.85. The molecule has 0 aliphatic rings. The zero-order chi connectivity index (χ0) is 15.2. The van der Waals surface area contributed by atoms with E-state index >= 15 is 0 Å². The van der Waals surface area contributed by atoms with Crippen molar-refractivity contribution in [3.8, 4) is 11.8 Å². The standard InChI is InChI=1S/C17H17BrN2O/c1-20(11-14-5-3-13(10-19)4-6-14)12-15-9-16(18)7-8-17(15)21-2/h3-9H,11-12H2,1-2H3. The fourth-order valence-electron chi connectivity index (χ4n) is 2.21. The topological polar surface area (TPSA) is 36.3 Å². The van der Waals surface area contributed by atoms with E-state index in [0.29, 0.717) is 5.56 Å². The van der Waals surface area contributed by atoms with Gasteiger partial charge >= 0.3 is 0 Å². The Morgan fingerprint density at radius 2 is 1.86 bits per heavy atom. The summed E-state index contributed by atoms with van der Waals surface area (Å²) in [6, 6.07) is 15.8. The first kappa shape index (κ1) is 15.6. The summed E-state index contributed by atoms with van der Waals surface area (Å²) < 4.78 is 6.44. The van der Waals surface area contributed by atoms with Crippen LogP contribution in [0.2, 0.25) is 0 Å². The van der Waals surface area contributed by atoms with Gasteiger partial charge in [-0.1, -0.05) is 28.1 Å². The number of benzene rings is 2. The molecule has 0 N–H and O–H groups in total. The van der Waals surface area contributed by atoms with E-state index in [-0.39, 0.29) is 0 Å². The second kappa shape index (κ2) is 7.26. The normalized spacial score (nSPS) is 10.4. The summed E-state index contributed by atoms with van der Waals surface area (Å²) in [5, 5.41) is 8.81. The lowest BCUT2D eigenvalue weighted by molar-refractivity contribution is 0.310. The van der Waals surface area contributed by atoms with Crippen molar-refractivity contribution in [3.05, 3.63) is 63.6 Å². The Balaban J connectivity index is 2.05. The number of ether oxygens (including phenoxy) is 1. The summed E-state index contributed by atoms with van der Waals surface area (Å²) in [6.45, 7) is 1.62. The lowest BCUT2D eigenvalue weighted by Gasteiger charge is -2.18. The van der Waals surface area contributed by atoms with Crippen LogP contribution in [0.1, 0.15) is 16.7 Å². The molecule has 2 rings (SSSR count). The Morgan fingerprint density at radius 1 is 1.14 bits per heavy atom. The molecule has 0 atom stereocenters. The third-order valence-corrected chi connectivity index (χ3v) is 3.71. The maximum atomic E-state index is 8.81. The quantitative estimate of drug-likeness (QED) is 0.823. The lowest BCUT2D eigenvalue weighted by atomic mass is 10.1. The van der Waals surface area contributed by atoms with Crippen LogP contribution in [0.15, 0.2) is 46.9 Å². The highest BCUT2D eigenvalue weighted by Gasteiger charge is 2.08. The maximum Gasteiger partial charge on any atom is 0.123 e. The number of methoxy groups -OCH3 is 1. The second-order valence-electron chi connectivity index (χ2n) is 4.94. The first-order valence-electron chi connectivity index (χ1n) is 6.62. The van der Waals surface area contributed by atoms with Crippen LogP contribution in [-0.2, 0) is 13.1 Å². The molecule has 0 amide bonds. The summed E-state index contributed by atoms with van der Waals surface area (Å²) in [5.41, 5.74) is 3.02. The molecule has 0 saturated carbocycles. The van der Waals surface area contributed by atoms with Crippen molar-refractivity contribution in [1.82, 2.24) is 4.90 Å². The number of hydrogen-bond donors (Lipinski definition) is 0. The SMILES string of the molecule is COc1ccc(Br)cc1CN(C)Cc1ccc(C#N)cc1. The van der Waals surface area contributed by atoms with E-state index in [0.717, 1.165) is 28.9 Å². The first-order chi connectivity index (χ1) is 10.1. The van der Waals surface area contributed by atoms with Gasteiger partial charge in [-0.25, -0.2) is 0 Å². The molecule has 0 unspecified atom stereocenters. The summed E-state index contributed by atoms with van der Waals surface area (Å²) in [7, 11) is 3.76.